The Morgan fingerprint density at radius 2 is 1.87 bits per heavy atom. The van der Waals surface area contributed by atoms with Gasteiger partial charge in [-0.25, -0.2) is 4.79 Å². The Bertz CT molecular complexity index is 1210. The SMILES string of the molecule is C=C(C)Cc1ccoc1S(=O)(=O)Nc1ccc(C)cc1OCc1ccc(C(=O)O)cc1. The number of nitrogens with one attached hydrogen (secondary N) is 1. The predicted molar refractivity (Wildman–Crippen MR) is 117 cm³/mol. The lowest BCUT2D eigenvalue weighted by Crippen LogP contribution is -2.15. The molecule has 1 aromatic heterocycles. The molecule has 3 aromatic rings. The molecule has 1 heterocycles. The van der Waals surface area contributed by atoms with Gasteiger partial charge in [-0.1, -0.05) is 30.4 Å². The molecule has 0 aliphatic carbocycles. The minimum atomic E-state index is -3.98. The number of anilines is 1. The Hall–Kier alpha value is -3.52. The van der Waals surface area contributed by atoms with Crippen LogP contribution < -0.4 is 9.46 Å². The van der Waals surface area contributed by atoms with Crippen molar-refractivity contribution in [2.45, 2.75) is 32.0 Å². The lowest BCUT2D eigenvalue weighted by Gasteiger charge is -2.14. The molecule has 31 heavy (non-hydrogen) atoms. The van der Waals surface area contributed by atoms with Gasteiger partial charge in [0.25, 0.3) is 10.0 Å². The van der Waals surface area contributed by atoms with Crippen LogP contribution in [0.3, 0.4) is 0 Å². The lowest BCUT2D eigenvalue weighted by atomic mass is 10.1. The third-order valence-corrected chi connectivity index (χ3v) is 5.75. The molecule has 0 atom stereocenters. The van der Waals surface area contributed by atoms with Crippen LogP contribution in [-0.4, -0.2) is 19.5 Å². The van der Waals surface area contributed by atoms with Crippen LogP contribution >= 0.6 is 0 Å². The summed E-state index contributed by atoms with van der Waals surface area (Å²) in [4.78, 5) is 11.0. The highest BCUT2D eigenvalue weighted by Crippen LogP contribution is 2.30. The number of aryl methyl sites for hydroxylation is 1. The number of hydrogen-bond acceptors (Lipinski definition) is 5. The van der Waals surface area contributed by atoms with E-state index in [0.717, 1.165) is 16.7 Å². The summed E-state index contributed by atoms with van der Waals surface area (Å²) in [6.45, 7) is 7.63. The second-order valence-electron chi connectivity index (χ2n) is 7.26. The fraction of sp³-hybridized carbons (Fsp3) is 0.174. The minimum Gasteiger partial charge on any atom is -0.487 e. The molecule has 0 bridgehead atoms. The van der Waals surface area contributed by atoms with Gasteiger partial charge in [-0.05, 0) is 61.7 Å². The van der Waals surface area contributed by atoms with Gasteiger partial charge >= 0.3 is 5.97 Å². The zero-order valence-electron chi connectivity index (χ0n) is 17.2. The van der Waals surface area contributed by atoms with E-state index in [1.807, 2.05) is 13.8 Å². The van der Waals surface area contributed by atoms with E-state index in [1.165, 1.54) is 18.4 Å². The van der Waals surface area contributed by atoms with E-state index in [1.54, 1.807) is 36.4 Å². The van der Waals surface area contributed by atoms with Crippen LogP contribution in [0.15, 0.2) is 76.5 Å². The highest BCUT2D eigenvalue weighted by atomic mass is 32.2. The fourth-order valence-electron chi connectivity index (χ4n) is 2.94. The van der Waals surface area contributed by atoms with Gasteiger partial charge in [0.1, 0.15) is 12.4 Å². The summed E-state index contributed by atoms with van der Waals surface area (Å²) in [7, 11) is -3.98. The molecule has 0 saturated carbocycles. The average Bonchev–Trinajstić information content (AvgIpc) is 3.17. The number of furan rings is 1. The Morgan fingerprint density at radius 1 is 1.16 bits per heavy atom. The summed E-state index contributed by atoms with van der Waals surface area (Å²) >= 11 is 0. The van der Waals surface area contributed by atoms with Crippen molar-refractivity contribution in [1.29, 1.82) is 0 Å². The van der Waals surface area contributed by atoms with Crippen LogP contribution in [0.4, 0.5) is 5.69 Å². The number of carboxylic acids is 1. The van der Waals surface area contributed by atoms with Crippen molar-refractivity contribution in [2.24, 2.45) is 0 Å². The smallest absolute Gasteiger partial charge is 0.335 e. The Balaban J connectivity index is 1.82. The van der Waals surface area contributed by atoms with Crippen LogP contribution in [0.25, 0.3) is 0 Å². The lowest BCUT2D eigenvalue weighted by molar-refractivity contribution is 0.0697. The summed E-state index contributed by atoms with van der Waals surface area (Å²) in [5.41, 5.74) is 3.41. The first kappa shape index (κ1) is 22.2. The van der Waals surface area contributed by atoms with E-state index >= 15 is 0 Å². The Morgan fingerprint density at radius 3 is 2.52 bits per heavy atom. The minimum absolute atomic E-state index is 0.139. The first-order valence-electron chi connectivity index (χ1n) is 9.45. The number of carboxylic acid groups (broad SMARTS) is 1. The van der Waals surface area contributed by atoms with Gasteiger partial charge in [-0.15, -0.1) is 0 Å². The molecule has 2 N–H and O–H groups in total. The first-order chi connectivity index (χ1) is 14.7. The molecule has 0 spiro atoms. The summed E-state index contributed by atoms with van der Waals surface area (Å²) in [5.74, 6) is -0.661. The molecular weight excluding hydrogens is 418 g/mol. The number of rotatable bonds is 9. The highest BCUT2D eigenvalue weighted by molar-refractivity contribution is 7.92. The predicted octanol–water partition coefficient (Wildman–Crippen LogP) is 4.78. The maximum absolute atomic E-state index is 12.9. The third kappa shape index (κ3) is 5.55. The number of ether oxygens (including phenoxy) is 1. The van der Waals surface area contributed by atoms with Crippen LogP contribution in [0.1, 0.15) is 34.0 Å². The van der Waals surface area contributed by atoms with Gasteiger partial charge in [0.2, 0.25) is 5.09 Å². The summed E-state index contributed by atoms with van der Waals surface area (Å²) < 4.78 is 39.5. The molecular formula is C23H23NO6S. The van der Waals surface area contributed by atoms with Gasteiger partial charge in [-0.2, -0.15) is 8.42 Å². The second-order valence-corrected chi connectivity index (χ2v) is 8.84. The van der Waals surface area contributed by atoms with Crippen LogP contribution in [-0.2, 0) is 23.1 Å². The van der Waals surface area contributed by atoms with Gasteiger partial charge in [-0.3, -0.25) is 4.72 Å². The van der Waals surface area contributed by atoms with E-state index in [2.05, 4.69) is 11.3 Å². The Labute approximate surface area is 181 Å². The van der Waals surface area contributed by atoms with Gasteiger partial charge in [0, 0.05) is 5.56 Å². The molecule has 0 fully saturated rings. The molecule has 0 unspecified atom stereocenters. The van der Waals surface area contributed by atoms with Crippen molar-refractivity contribution in [1.82, 2.24) is 0 Å². The number of hydrogen-bond donors (Lipinski definition) is 2. The second kappa shape index (κ2) is 9.09. The van der Waals surface area contributed by atoms with Crippen molar-refractivity contribution < 1.29 is 27.5 Å². The number of aromatic carboxylic acids is 1. The summed E-state index contributed by atoms with van der Waals surface area (Å²) in [6, 6.07) is 13.0. The molecule has 7 nitrogen and oxygen atoms in total. The normalized spacial score (nSPS) is 11.2. The molecule has 0 amide bonds. The maximum Gasteiger partial charge on any atom is 0.335 e. The zero-order chi connectivity index (χ0) is 22.6. The molecule has 162 valence electrons. The van der Waals surface area contributed by atoms with Gasteiger partial charge < -0.3 is 14.3 Å². The van der Waals surface area contributed by atoms with Crippen LogP contribution in [0.2, 0.25) is 0 Å². The summed E-state index contributed by atoms with van der Waals surface area (Å²) in [6.07, 6.45) is 1.72. The van der Waals surface area contributed by atoms with Crippen molar-refractivity contribution in [3.8, 4) is 5.75 Å². The summed E-state index contributed by atoms with van der Waals surface area (Å²) in [5, 5.41) is 8.83. The van der Waals surface area contributed by atoms with Crippen molar-refractivity contribution in [3.63, 3.8) is 0 Å². The van der Waals surface area contributed by atoms with Crippen LogP contribution in [0.5, 0.6) is 5.75 Å². The van der Waals surface area contributed by atoms with Crippen molar-refractivity contribution >= 4 is 21.7 Å². The number of sulfonamides is 1. The van der Waals surface area contributed by atoms with Crippen LogP contribution in [0, 0.1) is 6.92 Å². The Kier molecular flexibility index (Phi) is 6.50. The molecule has 2 aromatic carbocycles. The number of allylic oxidation sites excluding steroid dienone is 1. The average molecular weight is 442 g/mol. The monoisotopic (exact) mass is 441 g/mol. The number of carbonyl (C=O) groups is 1. The zero-order valence-corrected chi connectivity index (χ0v) is 18.0. The molecule has 0 radical (unpaired) electrons. The largest absolute Gasteiger partial charge is 0.487 e. The molecule has 0 saturated heterocycles. The third-order valence-electron chi connectivity index (χ3n) is 4.42. The highest BCUT2D eigenvalue weighted by Gasteiger charge is 2.24. The first-order valence-corrected chi connectivity index (χ1v) is 10.9. The van der Waals surface area contributed by atoms with E-state index in [-0.39, 0.29) is 22.9 Å². The molecule has 0 aliphatic heterocycles. The van der Waals surface area contributed by atoms with E-state index in [0.29, 0.717) is 17.7 Å². The fourth-order valence-corrected chi connectivity index (χ4v) is 4.16. The van der Waals surface area contributed by atoms with Gasteiger partial charge in [0.15, 0.2) is 0 Å². The molecule has 8 heteroatoms. The maximum atomic E-state index is 12.9. The standard InChI is InChI=1S/C23H23NO6S/c1-15(2)12-19-10-11-29-23(19)31(27,28)24-20-9-4-16(3)13-21(20)30-14-17-5-7-18(8-6-17)22(25)26/h4-11,13,24H,1,12,14H2,2-3H3,(H,25,26). The molecule has 0 aliphatic rings. The topological polar surface area (TPSA) is 106 Å². The van der Waals surface area contributed by atoms with Gasteiger partial charge in [0.05, 0.1) is 17.5 Å². The quantitative estimate of drug-likeness (QED) is 0.463. The van der Waals surface area contributed by atoms with Crippen molar-refractivity contribution in [3.05, 3.63) is 89.2 Å². The number of benzene rings is 2. The van der Waals surface area contributed by atoms with E-state index < -0.39 is 16.0 Å². The van der Waals surface area contributed by atoms with E-state index in [9.17, 15) is 13.2 Å². The van der Waals surface area contributed by atoms with E-state index in [4.69, 9.17) is 14.3 Å². The molecule has 3 rings (SSSR count). The van der Waals surface area contributed by atoms with Crippen molar-refractivity contribution in [2.75, 3.05) is 4.72 Å².